The van der Waals surface area contributed by atoms with E-state index in [0.29, 0.717) is 34.3 Å². The van der Waals surface area contributed by atoms with Crippen molar-refractivity contribution in [2.24, 2.45) is 0 Å². The zero-order valence-corrected chi connectivity index (χ0v) is 47.2. The molecule has 0 bridgehead atoms. The molecule has 6 aromatic heterocycles. The lowest BCUT2D eigenvalue weighted by atomic mass is 10.0. The minimum Gasteiger partial charge on any atom is -0.508 e. The van der Waals surface area contributed by atoms with Crippen LogP contribution in [0.15, 0.2) is 284 Å². The summed E-state index contributed by atoms with van der Waals surface area (Å²) >= 11 is 3.48. The van der Waals surface area contributed by atoms with E-state index in [1.165, 1.54) is 0 Å². The van der Waals surface area contributed by atoms with E-state index in [9.17, 15) is 5.11 Å². The molecule has 0 unspecified atom stereocenters. The first-order chi connectivity index (χ1) is 45.9. The highest BCUT2D eigenvalue weighted by Gasteiger charge is 2.18. The Morgan fingerprint density at radius 2 is 0.871 bits per heavy atom. The molecule has 0 spiro atoms. The highest BCUT2D eigenvalue weighted by molar-refractivity contribution is 9.10. The molecule has 408 valence electrons. The van der Waals surface area contributed by atoms with E-state index in [2.05, 4.69) is 64.3 Å². The van der Waals surface area contributed by atoms with Gasteiger partial charge in [0.2, 0.25) is 0 Å². The molecule has 0 aliphatic heterocycles. The molecule has 0 fully saturated rings. The zero-order valence-electron chi connectivity index (χ0n) is 55.6. The van der Waals surface area contributed by atoms with Crippen LogP contribution in [0.25, 0.3) is 111 Å². The van der Waals surface area contributed by atoms with Gasteiger partial charge in [-0.25, -0.2) is 19.9 Å². The van der Waals surface area contributed by atoms with Gasteiger partial charge >= 0.3 is 0 Å². The Labute approximate surface area is 512 Å². The predicted octanol–water partition coefficient (Wildman–Crippen LogP) is 18.9. The summed E-state index contributed by atoms with van der Waals surface area (Å²) in [5.41, 5.74) is 12.4. The number of rotatable bonds is 8. The first kappa shape index (κ1) is 42.0. The summed E-state index contributed by atoms with van der Waals surface area (Å²) in [7, 11) is 0. The molecule has 85 heavy (non-hydrogen) atoms. The van der Waals surface area contributed by atoms with Crippen molar-refractivity contribution in [1.29, 1.82) is 0 Å². The SMILES string of the molecule is Brc1cccc(-n2cnc3ccccc32)c1.[2H]c1c([2H])c([2H])c(-c2cnc(-n3c4ccccc4c4ccc(O)cc43)cc2C)c([2H])c1[2H].[2H]c1c([2H])c([2H])c(-c2cnc(-n3c4ccccc4c4ccc(Oc5cccc(-n6cnc7ccccc76)c5)cc43)cc2C)c([2H])c1[2H]. The number of aromatic nitrogens is 8. The quantitative estimate of drug-likeness (QED) is 0.163. The monoisotopic (exact) mass is 1170 g/mol. The number of hydrogen-bond acceptors (Lipinski definition) is 6. The van der Waals surface area contributed by atoms with Crippen LogP contribution in [0.5, 0.6) is 17.2 Å². The average molecular weight is 1180 g/mol. The molecule has 0 radical (unpaired) electrons. The standard InChI is InChI=1S/C37H26N4O.C24H18N2O.C13H9BrN2/c1-25-20-37(38-23-32(25)26-10-3-2-4-11-26)41-34-16-7-5-14-30(34)31-19-18-29(22-36(31)41)42-28-13-9-12-27(21-28)40-24-39-33-15-6-8-17-35(33)40;1-16-13-24(25-15-21(16)17-7-3-2-4-8-17)26-22-10-6-5-9-19(22)20-12-11-18(27)14-23(20)26;14-10-4-3-5-11(8-10)16-9-15-12-6-1-2-7-13(12)16/h2-24H,1H3;2-15,27H,1H3;1-9H/i2D,3D,4D,10D,11D;2D,3D,4D,7D,8D;. The van der Waals surface area contributed by atoms with Crippen molar-refractivity contribution in [3.63, 3.8) is 0 Å². The summed E-state index contributed by atoms with van der Waals surface area (Å²) < 4.78 is 97.0. The van der Waals surface area contributed by atoms with Gasteiger partial charge in [0.15, 0.2) is 0 Å². The second-order valence-electron chi connectivity index (χ2n) is 20.1. The number of phenols is 1. The lowest BCUT2D eigenvalue weighted by Gasteiger charge is -2.12. The van der Waals surface area contributed by atoms with E-state index >= 15 is 0 Å². The highest BCUT2D eigenvalue weighted by Crippen LogP contribution is 2.38. The number of pyridine rings is 2. The van der Waals surface area contributed by atoms with Crippen LogP contribution in [0.4, 0.5) is 0 Å². The predicted molar refractivity (Wildman–Crippen MR) is 349 cm³/mol. The van der Waals surface area contributed by atoms with E-state index in [4.69, 9.17) is 23.4 Å². The Balaban J connectivity index is 0.000000139. The van der Waals surface area contributed by atoms with Gasteiger partial charge < -0.3 is 9.84 Å². The number of ether oxygens (including phenoxy) is 1. The van der Waals surface area contributed by atoms with Crippen molar-refractivity contribution in [3.05, 3.63) is 295 Å². The summed E-state index contributed by atoms with van der Waals surface area (Å²) in [5.74, 6) is 2.72. The number of imidazole rings is 2. The fraction of sp³-hybridized carbons (Fsp3) is 0.0270. The van der Waals surface area contributed by atoms with E-state index < -0.39 is 12.1 Å². The van der Waals surface area contributed by atoms with Crippen molar-refractivity contribution in [1.82, 2.24) is 38.2 Å². The Kier molecular flexibility index (Phi) is 11.1. The molecular formula is C74H53BrN8O2. The largest absolute Gasteiger partial charge is 0.508 e. The van der Waals surface area contributed by atoms with Crippen LogP contribution >= 0.6 is 15.9 Å². The first-order valence-corrected chi connectivity index (χ1v) is 28.0. The summed E-state index contributed by atoms with van der Waals surface area (Å²) in [6.45, 7) is 3.69. The molecule has 0 aliphatic carbocycles. The maximum atomic E-state index is 10.1. The molecule has 16 rings (SSSR count). The van der Waals surface area contributed by atoms with Crippen LogP contribution in [0.1, 0.15) is 24.8 Å². The normalized spacial score (nSPS) is 12.9. The number of aromatic hydroxyl groups is 1. The Bertz CT molecular complexity index is 5710. The molecule has 6 heterocycles. The van der Waals surface area contributed by atoms with Crippen LogP contribution in [-0.2, 0) is 0 Å². The van der Waals surface area contributed by atoms with Gasteiger partial charge in [0, 0.05) is 73.4 Å². The molecular weight excluding hydrogens is 1110 g/mol. The van der Waals surface area contributed by atoms with E-state index in [0.717, 1.165) is 92.7 Å². The first-order valence-electron chi connectivity index (χ1n) is 32.2. The third-order valence-corrected chi connectivity index (χ3v) is 15.3. The number of nitrogens with zero attached hydrogens (tertiary/aromatic N) is 8. The third-order valence-electron chi connectivity index (χ3n) is 14.8. The van der Waals surface area contributed by atoms with Gasteiger partial charge in [-0.05, 0) is 139 Å². The van der Waals surface area contributed by atoms with Gasteiger partial charge in [-0.15, -0.1) is 0 Å². The number of aryl methyl sites for hydroxylation is 2. The molecule has 0 amide bonds. The zero-order chi connectivity index (χ0) is 66.1. The van der Waals surface area contributed by atoms with E-state index in [1.54, 1.807) is 24.5 Å². The lowest BCUT2D eigenvalue weighted by molar-refractivity contribution is 0.476. The van der Waals surface area contributed by atoms with Crippen molar-refractivity contribution in [3.8, 4) is 62.5 Å². The van der Waals surface area contributed by atoms with Gasteiger partial charge in [0.1, 0.15) is 41.5 Å². The molecule has 0 saturated carbocycles. The van der Waals surface area contributed by atoms with Crippen molar-refractivity contribution in [2.75, 3.05) is 0 Å². The maximum absolute atomic E-state index is 10.1. The molecule has 10 nitrogen and oxygen atoms in total. The van der Waals surface area contributed by atoms with Gasteiger partial charge in [-0.1, -0.05) is 149 Å². The van der Waals surface area contributed by atoms with Crippen LogP contribution < -0.4 is 4.74 Å². The van der Waals surface area contributed by atoms with Crippen molar-refractivity contribution >= 4 is 81.6 Å². The fourth-order valence-corrected chi connectivity index (χ4v) is 11.3. The van der Waals surface area contributed by atoms with Crippen molar-refractivity contribution in [2.45, 2.75) is 13.8 Å². The number of phenolic OH excluding ortho intramolecular Hbond substituents is 1. The molecule has 1 N–H and O–H groups in total. The average Bonchev–Trinajstić information content (AvgIpc) is 1.66. The number of hydrogen-bond donors (Lipinski definition) is 1. The van der Waals surface area contributed by atoms with Crippen molar-refractivity contribution < 1.29 is 23.6 Å². The molecule has 10 aromatic carbocycles. The van der Waals surface area contributed by atoms with Gasteiger partial charge in [-0.2, -0.15) is 0 Å². The van der Waals surface area contributed by atoms with Crippen LogP contribution in [0.3, 0.4) is 0 Å². The maximum Gasteiger partial charge on any atom is 0.137 e. The van der Waals surface area contributed by atoms with Gasteiger partial charge in [0.25, 0.3) is 0 Å². The summed E-state index contributed by atoms with van der Waals surface area (Å²) in [6.07, 6.45) is 6.80. The number of halogens is 1. The van der Waals surface area contributed by atoms with Gasteiger partial charge in [-0.3, -0.25) is 18.3 Å². The Morgan fingerprint density at radius 3 is 1.41 bits per heavy atom. The smallest absolute Gasteiger partial charge is 0.137 e. The van der Waals surface area contributed by atoms with Crippen LogP contribution in [0.2, 0.25) is 0 Å². The molecule has 0 atom stereocenters. The molecule has 0 aliphatic rings. The summed E-state index contributed by atoms with van der Waals surface area (Å²) in [6, 6.07) is 59.7. The topological polar surface area (TPSA) is 101 Å². The molecule has 0 saturated heterocycles. The Morgan fingerprint density at radius 1 is 0.412 bits per heavy atom. The highest BCUT2D eigenvalue weighted by atomic mass is 79.9. The summed E-state index contributed by atoms with van der Waals surface area (Å²) in [5, 5.41) is 14.2. The molecule has 11 heteroatoms. The fourth-order valence-electron chi connectivity index (χ4n) is 10.9. The van der Waals surface area contributed by atoms with Gasteiger partial charge in [0.05, 0.1) is 63.5 Å². The number of para-hydroxylation sites is 6. The second kappa shape index (κ2) is 22.5. The number of benzene rings is 10. The van der Waals surface area contributed by atoms with Crippen LogP contribution in [0, 0.1) is 13.8 Å². The second-order valence-corrected chi connectivity index (χ2v) is 21.0. The minimum absolute atomic E-state index is 0.132. The van der Waals surface area contributed by atoms with E-state index in [1.807, 2.05) is 193 Å². The molecule has 16 aromatic rings. The lowest BCUT2D eigenvalue weighted by Crippen LogP contribution is -1.99. The van der Waals surface area contributed by atoms with E-state index in [-0.39, 0.29) is 65.2 Å². The summed E-state index contributed by atoms with van der Waals surface area (Å²) in [4.78, 5) is 18.3. The van der Waals surface area contributed by atoms with Crippen LogP contribution in [-0.4, -0.2) is 43.3 Å². The Hall–Kier alpha value is -10.9. The number of fused-ring (bicyclic) bond motifs is 8. The minimum atomic E-state index is -0.420. The third kappa shape index (κ3) is 10.1.